The highest BCUT2D eigenvalue weighted by atomic mass is 14.9. The van der Waals surface area contributed by atoms with Crippen molar-refractivity contribution in [3.05, 3.63) is 0 Å². The van der Waals surface area contributed by atoms with Gasteiger partial charge in [-0.05, 0) is 42.4 Å². The standard InChI is InChI=1S/C15H31N/c1-14(2,3)11-16-13-9-7-12(8-10-13)15(4,5)6/h12-13,16H,7-11H2,1-6H3. The monoisotopic (exact) mass is 225 g/mol. The molecule has 1 heteroatoms. The first kappa shape index (κ1) is 14.0. The van der Waals surface area contributed by atoms with Crippen LogP contribution in [0.3, 0.4) is 0 Å². The molecule has 1 aliphatic carbocycles. The zero-order valence-electron chi connectivity index (χ0n) is 12.2. The molecule has 0 amide bonds. The smallest absolute Gasteiger partial charge is 0.00675 e. The van der Waals surface area contributed by atoms with Gasteiger partial charge in [-0.3, -0.25) is 0 Å². The van der Waals surface area contributed by atoms with Crippen molar-refractivity contribution in [2.24, 2.45) is 16.7 Å². The van der Waals surface area contributed by atoms with Gasteiger partial charge in [-0.2, -0.15) is 0 Å². The van der Waals surface area contributed by atoms with Crippen molar-refractivity contribution in [2.45, 2.75) is 73.3 Å². The number of nitrogens with one attached hydrogen (secondary N) is 1. The second-order valence-corrected chi connectivity index (χ2v) is 7.86. The summed E-state index contributed by atoms with van der Waals surface area (Å²) in [5, 5.41) is 3.73. The van der Waals surface area contributed by atoms with Gasteiger partial charge in [-0.25, -0.2) is 0 Å². The average Bonchev–Trinajstić information content (AvgIpc) is 2.13. The van der Waals surface area contributed by atoms with Gasteiger partial charge in [-0.15, -0.1) is 0 Å². The van der Waals surface area contributed by atoms with E-state index < -0.39 is 0 Å². The Morgan fingerprint density at radius 1 is 0.875 bits per heavy atom. The molecule has 1 nitrogen and oxygen atoms in total. The number of hydrogen-bond acceptors (Lipinski definition) is 1. The van der Waals surface area contributed by atoms with Crippen molar-refractivity contribution < 1.29 is 0 Å². The quantitative estimate of drug-likeness (QED) is 0.741. The third kappa shape index (κ3) is 4.86. The van der Waals surface area contributed by atoms with Crippen LogP contribution in [-0.4, -0.2) is 12.6 Å². The second kappa shape index (κ2) is 5.08. The minimum atomic E-state index is 0.418. The predicted octanol–water partition coefficient (Wildman–Crippen LogP) is 4.23. The summed E-state index contributed by atoms with van der Waals surface area (Å²) in [6, 6.07) is 0.776. The Balaban J connectivity index is 2.28. The largest absolute Gasteiger partial charge is 0.313 e. The Morgan fingerprint density at radius 3 is 1.75 bits per heavy atom. The lowest BCUT2D eigenvalue weighted by Crippen LogP contribution is -2.39. The number of hydrogen-bond donors (Lipinski definition) is 1. The maximum Gasteiger partial charge on any atom is 0.00675 e. The maximum absolute atomic E-state index is 3.73. The summed E-state index contributed by atoms with van der Waals surface area (Å²) in [6.07, 6.45) is 5.56. The van der Waals surface area contributed by atoms with E-state index in [1.807, 2.05) is 0 Å². The molecule has 96 valence electrons. The van der Waals surface area contributed by atoms with Crippen LogP contribution in [0.2, 0.25) is 0 Å². The molecule has 16 heavy (non-hydrogen) atoms. The molecular weight excluding hydrogens is 194 g/mol. The molecule has 0 unspecified atom stereocenters. The van der Waals surface area contributed by atoms with Gasteiger partial charge in [0.15, 0.2) is 0 Å². The summed E-state index contributed by atoms with van der Waals surface area (Å²) in [5.74, 6) is 0.931. The van der Waals surface area contributed by atoms with Crippen molar-refractivity contribution in [1.82, 2.24) is 5.32 Å². The minimum Gasteiger partial charge on any atom is -0.313 e. The van der Waals surface area contributed by atoms with E-state index in [-0.39, 0.29) is 0 Å². The highest BCUT2D eigenvalue weighted by Gasteiger charge is 2.29. The van der Waals surface area contributed by atoms with Crippen molar-refractivity contribution in [3.8, 4) is 0 Å². The second-order valence-electron chi connectivity index (χ2n) is 7.86. The molecule has 0 bridgehead atoms. The molecule has 1 N–H and O–H groups in total. The molecule has 1 aliphatic rings. The van der Waals surface area contributed by atoms with E-state index in [0.29, 0.717) is 10.8 Å². The zero-order chi connectivity index (χ0) is 12.4. The molecule has 0 radical (unpaired) electrons. The molecular formula is C15H31N. The van der Waals surface area contributed by atoms with Gasteiger partial charge in [0.05, 0.1) is 0 Å². The van der Waals surface area contributed by atoms with Gasteiger partial charge in [0.25, 0.3) is 0 Å². The molecule has 1 fully saturated rings. The van der Waals surface area contributed by atoms with Crippen LogP contribution in [0.4, 0.5) is 0 Å². The van der Waals surface area contributed by atoms with Crippen LogP contribution in [0, 0.1) is 16.7 Å². The molecule has 0 saturated heterocycles. The topological polar surface area (TPSA) is 12.0 Å². The van der Waals surface area contributed by atoms with Crippen LogP contribution < -0.4 is 5.32 Å². The molecule has 0 aromatic rings. The van der Waals surface area contributed by atoms with Gasteiger partial charge in [0.2, 0.25) is 0 Å². The lowest BCUT2D eigenvalue weighted by atomic mass is 9.71. The summed E-state index contributed by atoms with van der Waals surface area (Å²) in [4.78, 5) is 0. The SMILES string of the molecule is CC(C)(C)CNC1CCC(C(C)(C)C)CC1. The summed E-state index contributed by atoms with van der Waals surface area (Å²) in [7, 11) is 0. The van der Waals surface area contributed by atoms with Crippen molar-refractivity contribution in [1.29, 1.82) is 0 Å². The van der Waals surface area contributed by atoms with Gasteiger partial charge in [0, 0.05) is 12.6 Å². The maximum atomic E-state index is 3.73. The fraction of sp³-hybridized carbons (Fsp3) is 1.00. The molecule has 0 aromatic carbocycles. The fourth-order valence-electron chi connectivity index (χ4n) is 2.61. The van der Waals surface area contributed by atoms with Crippen molar-refractivity contribution in [3.63, 3.8) is 0 Å². The van der Waals surface area contributed by atoms with Crippen molar-refractivity contribution in [2.75, 3.05) is 6.54 Å². The van der Waals surface area contributed by atoms with E-state index in [0.717, 1.165) is 18.5 Å². The zero-order valence-corrected chi connectivity index (χ0v) is 12.2. The van der Waals surface area contributed by atoms with E-state index in [4.69, 9.17) is 0 Å². The lowest BCUT2D eigenvalue weighted by molar-refractivity contribution is 0.156. The molecule has 0 aliphatic heterocycles. The Morgan fingerprint density at radius 2 is 1.38 bits per heavy atom. The highest BCUT2D eigenvalue weighted by molar-refractivity contribution is 4.84. The Kier molecular flexibility index (Phi) is 4.45. The first-order chi connectivity index (χ1) is 7.18. The summed E-state index contributed by atoms with van der Waals surface area (Å²) >= 11 is 0. The molecule has 0 spiro atoms. The number of rotatable bonds is 2. The van der Waals surface area contributed by atoms with E-state index in [9.17, 15) is 0 Å². The van der Waals surface area contributed by atoms with Gasteiger partial charge in [-0.1, -0.05) is 41.5 Å². The highest BCUT2D eigenvalue weighted by Crippen LogP contribution is 2.37. The van der Waals surface area contributed by atoms with E-state index in [1.165, 1.54) is 25.7 Å². The van der Waals surface area contributed by atoms with Crippen LogP contribution in [-0.2, 0) is 0 Å². The van der Waals surface area contributed by atoms with Crippen LogP contribution >= 0.6 is 0 Å². The lowest BCUT2D eigenvalue weighted by Gasteiger charge is -2.38. The fourth-order valence-corrected chi connectivity index (χ4v) is 2.61. The summed E-state index contributed by atoms with van der Waals surface area (Å²) in [6.45, 7) is 15.2. The Hall–Kier alpha value is -0.0400. The van der Waals surface area contributed by atoms with Gasteiger partial charge in [0.1, 0.15) is 0 Å². The van der Waals surface area contributed by atoms with E-state index >= 15 is 0 Å². The first-order valence-electron chi connectivity index (χ1n) is 6.92. The molecule has 1 saturated carbocycles. The Labute approximate surface area is 102 Å². The van der Waals surface area contributed by atoms with Crippen LogP contribution in [0.5, 0.6) is 0 Å². The average molecular weight is 225 g/mol. The third-order valence-electron chi connectivity index (χ3n) is 3.87. The van der Waals surface area contributed by atoms with Gasteiger partial charge >= 0.3 is 0 Å². The Bertz CT molecular complexity index is 198. The van der Waals surface area contributed by atoms with E-state index in [1.54, 1.807) is 0 Å². The minimum absolute atomic E-state index is 0.418. The normalized spacial score (nSPS) is 28.1. The van der Waals surface area contributed by atoms with Crippen LogP contribution in [0.15, 0.2) is 0 Å². The molecule has 1 rings (SSSR count). The predicted molar refractivity (Wildman–Crippen MR) is 72.7 cm³/mol. The van der Waals surface area contributed by atoms with E-state index in [2.05, 4.69) is 46.9 Å². The summed E-state index contributed by atoms with van der Waals surface area (Å²) in [5.41, 5.74) is 0.926. The van der Waals surface area contributed by atoms with Crippen LogP contribution in [0.1, 0.15) is 67.2 Å². The first-order valence-corrected chi connectivity index (χ1v) is 6.92. The van der Waals surface area contributed by atoms with Gasteiger partial charge < -0.3 is 5.32 Å². The third-order valence-corrected chi connectivity index (χ3v) is 3.87. The van der Waals surface area contributed by atoms with Crippen molar-refractivity contribution >= 4 is 0 Å². The van der Waals surface area contributed by atoms with Crippen LogP contribution in [0.25, 0.3) is 0 Å². The molecule has 0 heterocycles. The molecule has 0 atom stereocenters. The molecule has 0 aromatic heterocycles. The summed E-state index contributed by atoms with van der Waals surface area (Å²) < 4.78 is 0.